The van der Waals surface area contributed by atoms with Gasteiger partial charge in [0.25, 0.3) is 11.6 Å². The SMILES string of the molecule is Cc1noc2nc(-c3ccco3)cc(C(=O)Nc3cccc(-n4ccnc4)c3)c12. The van der Waals surface area contributed by atoms with Crippen LogP contribution in [0.2, 0.25) is 0 Å². The number of imidazole rings is 1. The molecule has 0 fully saturated rings. The van der Waals surface area contributed by atoms with Crippen molar-refractivity contribution in [3.8, 4) is 17.1 Å². The van der Waals surface area contributed by atoms with Crippen LogP contribution in [-0.2, 0) is 0 Å². The summed E-state index contributed by atoms with van der Waals surface area (Å²) in [7, 11) is 0. The van der Waals surface area contributed by atoms with Gasteiger partial charge in [-0.1, -0.05) is 11.2 Å². The number of aromatic nitrogens is 4. The van der Waals surface area contributed by atoms with Gasteiger partial charge in [-0.3, -0.25) is 4.79 Å². The first kappa shape index (κ1) is 16.9. The zero-order valence-corrected chi connectivity index (χ0v) is 15.4. The van der Waals surface area contributed by atoms with Crippen LogP contribution in [0, 0.1) is 6.92 Å². The van der Waals surface area contributed by atoms with Crippen LogP contribution in [0.1, 0.15) is 16.1 Å². The molecule has 8 nitrogen and oxygen atoms in total. The lowest BCUT2D eigenvalue weighted by atomic mass is 10.1. The van der Waals surface area contributed by atoms with Gasteiger partial charge >= 0.3 is 0 Å². The first-order valence-corrected chi connectivity index (χ1v) is 8.90. The van der Waals surface area contributed by atoms with Gasteiger partial charge in [-0.2, -0.15) is 0 Å². The van der Waals surface area contributed by atoms with E-state index < -0.39 is 0 Å². The lowest BCUT2D eigenvalue weighted by Crippen LogP contribution is -2.13. The fraction of sp³-hybridized carbons (Fsp3) is 0.0476. The van der Waals surface area contributed by atoms with Crippen molar-refractivity contribution in [1.82, 2.24) is 19.7 Å². The normalized spacial score (nSPS) is 11.1. The second kappa shape index (κ2) is 6.75. The average molecular weight is 385 g/mol. The number of pyridine rings is 1. The number of amides is 1. The Morgan fingerprint density at radius 3 is 2.90 bits per heavy atom. The van der Waals surface area contributed by atoms with Crippen LogP contribution in [0.5, 0.6) is 0 Å². The summed E-state index contributed by atoms with van der Waals surface area (Å²) in [4.78, 5) is 21.6. The van der Waals surface area contributed by atoms with E-state index in [-0.39, 0.29) is 11.6 Å². The number of fused-ring (bicyclic) bond motifs is 1. The van der Waals surface area contributed by atoms with Crippen LogP contribution < -0.4 is 5.32 Å². The number of hydrogen-bond acceptors (Lipinski definition) is 6. The summed E-state index contributed by atoms with van der Waals surface area (Å²) in [5, 5.41) is 7.47. The third-order valence-corrected chi connectivity index (χ3v) is 4.54. The molecule has 0 atom stereocenters. The predicted molar refractivity (Wildman–Crippen MR) is 106 cm³/mol. The van der Waals surface area contributed by atoms with Gasteiger partial charge in [-0.15, -0.1) is 0 Å². The number of benzene rings is 1. The molecule has 0 saturated carbocycles. The first-order chi connectivity index (χ1) is 14.2. The quantitative estimate of drug-likeness (QED) is 0.497. The monoisotopic (exact) mass is 385 g/mol. The van der Waals surface area contributed by atoms with Gasteiger partial charge in [0.15, 0.2) is 5.76 Å². The average Bonchev–Trinajstić information content (AvgIpc) is 3.50. The second-order valence-corrected chi connectivity index (χ2v) is 6.45. The highest BCUT2D eigenvalue weighted by atomic mass is 16.5. The van der Waals surface area contributed by atoms with Crippen molar-refractivity contribution in [2.75, 3.05) is 5.32 Å². The van der Waals surface area contributed by atoms with Gasteiger partial charge in [-0.25, -0.2) is 9.97 Å². The molecule has 5 aromatic rings. The summed E-state index contributed by atoms with van der Waals surface area (Å²) in [6.45, 7) is 1.77. The van der Waals surface area contributed by atoms with E-state index in [2.05, 4.69) is 20.4 Å². The largest absolute Gasteiger partial charge is 0.463 e. The number of carbonyl (C=O) groups is 1. The number of carbonyl (C=O) groups excluding carboxylic acids is 1. The third-order valence-electron chi connectivity index (χ3n) is 4.54. The molecule has 0 radical (unpaired) electrons. The Labute approximate surface area is 164 Å². The molecule has 0 unspecified atom stereocenters. The van der Waals surface area contributed by atoms with E-state index in [0.717, 1.165) is 5.69 Å². The van der Waals surface area contributed by atoms with E-state index >= 15 is 0 Å². The van der Waals surface area contributed by atoms with E-state index in [1.54, 1.807) is 43.9 Å². The number of furan rings is 1. The van der Waals surface area contributed by atoms with Crippen LogP contribution in [0.3, 0.4) is 0 Å². The standard InChI is InChI=1S/C21H15N5O3/c1-13-19-16(11-17(18-6-3-9-28-18)24-21(19)29-25-13)20(27)23-14-4-2-5-15(10-14)26-8-7-22-12-26/h2-12H,1H3,(H,23,27). The van der Waals surface area contributed by atoms with Crippen LogP contribution in [0.4, 0.5) is 5.69 Å². The molecule has 1 amide bonds. The summed E-state index contributed by atoms with van der Waals surface area (Å²) in [5.41, 5.74) is 3.33. The second-order valence-electron chi connectivity index (χ2n) is 6.45. The molecule has 0 aliphatic heterocycles. The van der Waals surface area contributed by atoms with Crippen molar-refractivity contribution in [1.29, 1.82) is 0 Å². The maximum Gasteiger partial charge on any atom is 0.259 e. The van der Waals surface area contributed by atoms with Crippen LogP contribution >= 0.6 is 0 Å². The minimum Gasteiger partial charge on any atom is -0.463 e. The highest BCUT2D eigenvalue weighted by molar-refractivity contribution is 6.13. The molecular weight excluding hydrogens is 370 g/mol. The molecule has 142 valence electrons. The number of nitrogens with one attached hydrogen (secondary N) is 1. The maximum atomic E-state index is 13.1. The fourth-order valence-electron chi connectivity index (χ4n) is 3.18. The zero-order chi connectivity index (χ0) is 19.8. The maximum absolute atomic E-state index is 13.1. The Kier molecular flexibility index (Phi) is 3.94. The van der Waals surface area contributed by atoms with E-state index in [1.165, 1.54) is 0 Å². The van der Waals surface area contributed by atoms with Gasteiger partial charge in [0.05, 0.1) is 29.2 Å². The van der Waals surface area contributed by atoms with Crippen LogP contribution in [0.25, 0.3) is 28.2 Å². The third kappa shape index (κ3) is 3.06. The Morgan fingerprint density at radius 2 is 2.10 bits per heavy atom. The van der Waals surface area contributed by atoms with Crippen molar-refractivity contribution in [3.05, 3.63) is 78.7 Å². The van der Waals surface area contributed by atoms with Crippen molar-refractivity contribution in [2.24, 2.45) is 0 Å². The van der Waals surface area contributed by atoms with Gasteiger partial charge < -0.3 is 18.8 Å². The van der Waals surface area contributed by atoms with E-state index in [9.17, 15) is 4.79 Å². The molecule has 4 aromatic heterocycles. The molecule has 0 bridgehead atoms. The Morgan fingerprint density at radius 1 is 1.17 bits per heavy atom. The van der Waals surface area contributed by atoms with Crippen LogP contribution in [0.15, 0.2) is 76.4 Å². The minimum absolute atomic E-state index is 0.286. The lowest BCUT2D eigenvalue weighted by molar-refractivity contribution is 0.102. The molecule has 1 aromatic carbocycles. The Balaban J connectivity index is 1.54. The molecule has 0 aliphatic rings. The molecule has 29 heavy (non-hydrogen) atoms. The summed E-state index contributed by atoms with van der Waals surface area (Å²) in [6, 6.07) is 12.7. The number of anilines is 1. The van der Waals surface area contributed by atoms with E-state index in [0.29, 0.717) is 33.8 Å². The Hall–Kier alpha value is -4.20. The van der Waals surface area contributed by atoms with E-state index in [1.807, 2.05) is 35.0 Å². The molecule has 8 heteroatoms. The highest BCUT2D eigenvalue weighted by Crippen LogP contribution is 2.28. The number of aryl methyl sites for hydroxylation is 1. The summed E-state index contributed by atoms with van der Waals surface area (Å²) >= 11 is 0. The predicted octanol–water partition coefficient (Wildman–Crippen LogP) is 4.23. The summed E-state index contributed by atoms with van der Waals surface area (Å²) in [6.07, 6.45) is 6.78. The van der Waals surface area contributed by atoms with Gasteiger partial charge in [0.1, 0.15) is 5.69 Å². The first-order valence-electron chi connectivity index (χ1n) is 8.90. The Bertz CT molecular complexity index is 1300. The number of rotatable bonds is 4. The summed E-state index contributed by atoms with van der Waals surface area (Å²) in [5.74, 6) is 0.247. The molecular formula is C21H15N5O3. The van der Waals surface area contributed by atoms with Crippen molar-refractivity contribution >= 4 is 22.7 Å². The lowest BCUT2D eigenvalue weighted by Gasteiger charge is -2.09. The molecule has 0 spiro atoms. The highest BCUT2D eigenvalue weighted by Gasteiger charge is 2.20. The van der Waals surface area contributed by atoms with Gasteiger partial charge in [-0.05, 0) is 43.3 Å². The van der Waals surface area contributed by atoms with Crippen molar-refractivity contribution in [3.63, 3.8) is 0 Å². The van der Waals surface area contributed by atoms with E-state index in [4.69, 9.17) is 8.94 Å². The number of nitrogens with zero attached hydrogens (tertiary/aromatic N) is 4. The van der Waals surface area contributed by atoms with Crippen molar-refractivity contribution in [2.45, 2.75) is 6.92 Å². The molecule has 5 rings (SSSR count). The molecule has 0 aliphatic carbocycles. The molecule has 0 saturated heterocycles. The van der Waals surface area contributed by atoms with Crippen LogP contribution in [-0.4, -0.2) is 25.6 Å². The molecule has 4 heterocycles. The zero-order valence-electron chi connectivity index (χ0n) is 15.4. The van der Waals surface area contributed by atoms with Gasteiger partial charge in [0, 0.05) is 23.8 Å². The van der Waals surface area contributed by atoms with Crippen molar-refractivity contribution < 1.29 is 13.7 Å². The van der Waals surface area contributed by atoms with Gasteiger partial charge in [0.2, 0.25) is 0 Å². The fourth-order valence-corrected chi connectivity index (χ4v) is 3.18. The minimum atomic E-state index is -0.292. The molecule has 1 N–H and O–H groups in total. The number of hydrogen-bond donors (Lipinski definition) is 1. The smallest absolute Gasteiger partial charge is 0.259 e. The summed E-state index contributed by atoms with van der Waals surface area (Å²) < 4.78 is 12.6. The topological polar surface area (TPSA) is 99.0 Å².